The van der Waals surface area contributed by atoms with Crippen LogP contribution in [0.1, 0.15) is 43.0 Å². The Kier molecular flexibility index (Phi) is 11.5. The molecule has 0 saturated carbocycles. The molecule has 4 heteroatoms. The Morgan fingerprint density at radius 2 is 1.15 bits per heavy atom. The zero-order valence-corrected chi connectivity index (χ0v) is 24.4. The quantitative estimate of drug-likeness (QED) is 0.0711. The van der Waals surface area contributed by atoms with E-state index in [1.54, 1.807) is 0 Å². The molecule has 0 spiro atoms. The lowest BCUT2D eigenvalue weighted by Crippen LogP contribution is -2.36. The van der Waals surface area contributed by atoms with Crippen molar-refractivity contribution in [2.24, 2.45) is 11.8 Å². The van der Waals surface area contributed by atoms with Gasteiger partial charge in [0.1, 0.15) is 12.4 Å². The summed E-state index contributed by atoms with van der Waals surface area (Å²) in [6.45, 7) is 7.73. The number of hydrogen-bond donors (Lipinski definition) is 1. The highest BCUT2D eigenvalue weighted by atomic mass is 16.7. The molecule has 41 heavy (non-hydrogen) atoms. The number of ether oxygens (including phenoxy) is 3. The molecule has 0 fully saturated rings. The summed E-state index contributed by atoms with van der Waals surface area (Å²) in [6.07, 6.45) is 1.43. The first-order valence-corrected chi connectivity index (χ1v) is 14.4. The zero-order valence-electron chi connectivity index (χ0n) is 24.4. The smallest absolute Gasteiger partial charge is 0.147 e. The van der Waals surface area contributed by atoms with Crippen LogP contribution >= 0.6 is 0 Å². The molecule has 214 valence electrons. The maximum Gasteiger partial charge on any atom is 0.147 e. The van der Waals surface area contributed by atoms with Crippen molar-refractivity contribution in [2.75, 3.05) is 20.0 Å². The highest BCUT2D eigenvalue weighted by Gasteiger charge is 2.38. The molecule has 4 rings (SSSR count). The molecule has 0 radical (unpaired) electrons. The van der Waals surface area contributed by atoms with Crippen molar-refractivity contribution in [1.82, 2.24) is 0 Å². The van der Waals surface area contributed by atoms with Gasteiger partial charge in [0.2, 0.25) is 0 Å². The Bertz CT molecular complexity index is 1210. The molecule has 0 saturated heterocycles. The molecule has 0 amide bonds. The Balaban J connectivity index is 1.41. The molecule has 0 aliphatic rings. The van der Waals surface area contributed by atoms with Crippen LogP contribution in [0.2, 0.25) is 0 Å². The highest BCUT2D eigenvalue weighted by Crippen LogP contribution is 2.41. The van der Waals surface area contributed by atoms with E-state index < -0.39 is 11.7 Å². The molecule has 0 unspecified atom stereocenters. The molecule has 3 atom stereocenters. The minimum atomic E-state index is -0.809. The van der Waals surface area contributed by atoms with Crippen LogP contribution in [0.4, 0.5) is 0 Å². The van der Waals surface area contributed by atoms with E-state index in [0.717, 1.165) is 27.8 Å². The molecule has 0 aromatic heterocycles. The maximum atomic E-state index is 11.3. The van der Waals surface area contributed by atoms with Gasteiger partial charge < -0.3 is 19.3 Å². The van der Waals surface area contributed by atoms with Crippen LogP contribution in [0, 0.1) is 11.8 Å². The standard InChI is InChI=1S/C37H42O4/c1-29(25-39-28-40-27-32-16-8-4-9-17-32)24-30(2)36(38)31(3)26-41-37(33-18-10-5-11-19-33,34-20-12-6-13-21-34)35-22-14-7-15-23-35/h4-24,29,31,36,38H,25-28H2,1-3H3/b30-24+/t29-,31-,36-/m1/s1. The van der Waals surface area contributed by atoms with Gasteiger partial charge in [-0.1, -0.05) is 141 Å². The van der Waals surface area contributed by atoms with Gasteiger partial charge in [0, 0.05) is 5.92 Å². The lowest BCUT2D eigenvalue weighted by atomic mass is 9.80. The van der Waals surface area contributed by atoms with Crippen molar-refractivity contribution < 1.29 is 19.3 Å². The predicted molar refractivity (Wildman–Crippen MR) is 165 cm³/mol. The van der Waals surface area contributed by atoms with Gasteiger partial charge >= 0.3 is 0 Å². The second kappa shape index (κ2) is 15.5. The van der Waals surface area contributed by atoms with Gasteiger partial charge in [0.25, 0.3) is 0 Å². The average molecular weight is 551 g/mol. The van der Waals surface area contributed by atoms with E-state index >= 15 is 0 Å². The third-order valence-corrected chi connectivity index (χ3v) is 7.32. The third-order valence-electron chi connectivity index (χ3n) is 7.32. The minimum absolute atomic E-state index is 0.134. The second-order valence-electron chi connectivity index (χ2n) is 10.7. The van der Waals surface area contributed by atoms with E-state index in [4.69, 9.17) is 14.2 Å². The summed E-state index contributed by atoms with van der Waals surface area (Å²) in [5.74, 6) is -0.000716. The average Bonchev–Trinajstić information content (AvgIpc) is 3.02. The zero-order chi connectivity index (χ0) is 28.9. The first-order chi connectivity index (χ1) is 20.0. The van der Waals surface area contributed by atoms with Crippen LogP contribution in [0.3, 0.4) is 0 Å². The number of rotatable bonds is 15. The van der Waals surface area contributed by atoms with Crippen molar-refractivity contribution in [3.8, 4) is 0 Å². The van der Waals surface area contributed by atoms with Gasteiger partial charge in [-0.3, -0.25) is 0 Å². The van der Waals surface area contributed by atoms with E-state index in [0.29, 0.717) is 19.8 Å². The van der Waals surface area contributed by atoms with E-state index in [1.165, 1.54) is 0 Å². The molecule has 0 aliphatic carbocycles. The normalized spacial score (nSPS) is 14.4. The van der Waals surface area contributed by atoms with Crippen LogP contribution < -0.4 is 0 Å². The van der Waals surface area contributed by atoms with Crippen molar-refractivity contribution in [3.63, 3.8) is 0 Å². The van der Waals surface area contributed by atoms with Crippen LogP contribution in [0.25, 0.3) is 0 Å². The maximum absolute atomic E-state index is 11.3. The Hall–Kier alpha value is -3.54. The SMILES string of the molecule is C/C(=C\[C@@H](C)COCOCc1ccccc1)[C@@H](O)[C@H](C)COC(c1ccccc1)(c1ccccc1)c1ccccc1. The number of hydrogen-bond acceptors (Lipinski definition) is 4. The van der Waals surface area contributed by atoms with Crippen LogP contribution in [-0.2, 0) is 26.4 Å². The molecule has 4 aromatic rings. The first kappa shape index (κ1) is 30.4. The third kappa shape index (κ3) is 8.25. The predicted octanol–water partition coefficient (Wildman–Crippen LogP) is 7.77. The van der Waals surface area contributed by atoms with E-state index in [2.05, 4.69) is 49.4 Å². The van der Waals surface area contributed by atoms with E-state index in [-0.39, 0.29) is 18.6 Å². The second-order valence-corrected chi connectivity index (χ2v) is 10.7. The Morgan fingerprint density at radius 3 is 1.63 bits per heavy atom. The summed E-state index contributed by atoms with van der Waals surface area (Å²) in [7, 11) is 0. The van der Waals surface area contributed by atoms with Crippen LogP contribution in [0.15, 0.2) is 133 Å². The molecule has 4 nitrogen and oxygen atoms in total. The van der Waals surface area contributed by atoms with Crippen molar-refractivity contribution in [2.45, 2.75) is 39.1 Å². The summed E-state index contributed by atoms with van der Waals surface area (Å²) in [5.41, 5.74) is 4.36. The molecule has 0 bridgehead atoms. The topological polar surface area (TPSA) is 47.9 Å². The van der Waals surface area contributed by atoms with Gasteiger partial charge in [0.15, 0.2) is 0 Å². The Labute approximate surface area is 245 Å². The van der Waals surface area contributed by atoms with Gasteiger partial charge in [-0.15, -0.1) is 0 Å². The molecule has 0 heterocycles. The number of benzene rings is 4. The molecular formula is C37H42O4. The highest BCUT2D eigenvalue weighted by molar-refractivity contribution is 5.47. The van der Waals surface area contributed by atoms with Gasteiger partial charge in [-0.25, -0.2) is 0 Å². The molecular weight excluding hydrogens is 508 g/mol. The van der Waals surface area contributed by atoms with Gasteiger partial charge in [0.05, 0.1) is 25.9 Å². The molecule has 0 aliphatic heterocycles. The fraction of sp³-hybridized carbons (Fsp3) is 0.297. The van der Waals surface area contributed by atoms with E-state index in [1.807, 2.05) is 98.8 Å². The van der Waals surface area contributed by atoms with Gasteiger partial charge in [-0.2, -0.15) is 0 Å². The minimum Gasteiger partial charge on any atom is -0.388 e. The van der Waals surface area contributed by atoms with Crippen molar-refractivity contribution >= 4 is 0 Å². The fourth-order valence-electron chi connectivity index (χ4n) is 5.19. The summed E-state index contributed by atoms with van der Waals surface area (Å²) in [5, 5.41) is 11.3. The van der Waals surface area contributed by atoms with Gasteiger partial charge in [-0.05, 0) is 40.7 Å². The summed E-state index contributed by atoms with van der Waals surface area (Å²) in [4.78, 5) is 0. The van der Waals surface area contributed by atoms with Crippen LogP contribution in [0.5, 0.6) is 0 Å². The summed E-state index contributed by atoms with van der Waals surface area (Å²) in [6, 6.07) is 41.0. The lowest BCUT2D eigenvalue weighted by Gasteiger charge is -2.37. The molecule has 1 N–H and O–H groups in total. The van der Waals surface area contributed by atoms with Crippen molar-refractivity contribution in [3.05, 3.63) is 155 Å². The van der Waals surface area contributed by atoms with E-state index in [9.17, 15) is 5.11 Å². The molecule has 4 aromatic carbocycles. The fourth-order valence-corrected chi connectivity index (χ4v) is 5.19. The summed E-state index contributed by atoms with van der Waals surface area (Å²) < 4.78 is 18.3. The lowest BCUT2D eigenvalue weighted by molar-refractivity contribution is -0.0669. The number of aliphatic hydroxyl groups excluding tert-OH is 1. The van der Waals surface area contributed by atoms with Crippen LogP contribution in [-0.4, -0.2) is 31.2 Å². The first-order valence-electron chi connectivity index (χ1n) is 14.4. The number of aliphatic hydroxyl groups is 1. The van der Waals surface area contributed by atoms with Crippen molar-refractivity contribution in [1.29, 1.82) is 0 Å². The Morgan fingerprint density at radius 1 is 0.683 bits per heavy atom. The summed E-state index contributed by atoms with van der Waals surface area (Å²) >= 11 is 0. The largest absolute Gasteiger partial charge is 0.388 e. The monoisotopic (exact) mass is 550 g/mol.